The average molecular weight is 895 g/mol. The molecule has 2 aromatic carbocycles. The van der Waals surface area contributed by atoms with Gasteiger partial charge in [0.2, 0.25) is 0 Å². The zero-order valence-corrected chi connectivity index (χ0v) is 43.0. The van der Waals surface area contributed by atoms with Crippen molar-refractivity contribution in [3.63, 3.8) is 0 Å². The van der Waals surface area contributed by atoms with Crippen LogP contribution in [0.4, 0.5) is 0 Å². The monoisotopic (exact) mass is 895 g/mol. The van der Waals surface area contributed by atoms with Crippen LogP contribution in [0.25, 0.3) is 0 Å². The van der Waals surface area contributed by atoms with Crippen LogP contribution < -0.4 is 14.2 Å². The normalized spacial score (nSPS) is 18.8. The zero-order chi connectivity index (χ0) is 46.3. The number of rotatable bonds is 24. The Balaban J connectivity index is 1.68. The molecule has 1 fully saturated rings. The number of aliphatic hydroxyl groups excluding tert-OH is 1. The molecule has 5 atom stereocenters. The summed E-state index contributed by atoms with van der Waals surface area (Å²) < 4.78 is 48.8. The van der Waals surface area contributed by atoms with Gasteiger partial charge in [0.05, 0.1) is 72.2 Å². The van der Waals surface area contributed by atoms with E-state index in [1.165, 1.54) is 11.1 Å². The third-order valence-corrected chi connectivity index (χ3v) is 21.6. The van der Waals surface area contributed by atoms with Crippen LogP contribution in [-0.2, 0) is 36.3 Å². The van der Waals surface area contributed by atoms with Gasteiger partial charge in [0.15, 0.2) is 28.1 Å². The van der Waals surface area contributed by atoms with E-state index in [0.717, 1.165) is 48.1 Å². The zero-order valence-electron chi connectivity index (χ0n) is 41.0. The lowest BCUT2D eigenvalue weighted by Gasteiger charge is -2.39. The van der Waals surface area contributed by atoms with Crippen molar-refractivity contribution in [2.24, 2.45) is 0 Å². The van der Waals surface area contributed by atoms with Gasteiger partial charge in [-0.15, -0.1) is 0 Å². The van der Waals surface area contributed by atoms with Crippen LogP contribution in [0, 0.1) is 0 Å². The van der Waals surface area contributed by atoms with Crippen LogP contribution in [0.3, 0.4) is 0 Å². The minimum atomic E-state index is -2.04. The maximum Gasteiger partial charge on any atom is 0.192 e. The molecule has 1 aliphatic heterocycles. The fourth-order valence-corrected chi connectivity index (χ4v) is 8.88. The van der Waals surface area contributed by atoms with Crippen LogP contribution in [-0.4, -0.2) is 86.8 Å². The lowest BCUT2D eigenvalue weighted by atomic mass is 9.95. The molecule has 3 rings (SSSR count). The average Bonchev–Trinajstić information content (AvgIpc) is 3.17. The number of aliphatic hydroxyl groups is 1. The number of benzene rings is 2. The molecular formula is C51H82O9Si2. The molecule has 348 valence electrons. The van der Waals surface area contributed by atoms with Gasteiger partial charge in [0.25, 0.3) is 0 Å². The van der Waals surface area contributed by atoms with Crippen LogP contribution in [0.2, 0.25) is 36.3 Å². The van der Waals surface area contributed by atoms with Gasteiger partial charge < -0.3 is 42.4 Å². The maximum atomic E-state index is 11.6. The second-order valence-corrected chi connectivity index (χ2v) is 29.6. The second-order valence-electron chi connectivity index (χ2n) is 20.0. The van der Waals surface area contributed by atoms with E-state index >= 15 is 0 Å². The van der Waals surface area contributed by atoms with Gasteiger partial charge in [-0.25, -0.2) is 0 Å². The third kappa shape index (κ3) is 17.5. The number of methoxy groups -OCH3 is 3. The molecule has 1 saturated heterocycles. The molecule has 1 N–H and O–H groups in total. The lowest BCUT2D eigenvalue weighted by Crippen LogP contribution is -2.43. The Bertz CT molecular complexity index is 1770. The van der Waals surface area contributed by atoms with Crippen molar-refractivity contribution in [1.29, 1.82) is 0 Å². The van der Waals surface area contributed by atoms with Crippen molar-refractivity contribution in [3.8, 4) is 17.2 Å². The summed E-state index contributed by atoms with van der Waals surface area (Å²) in [4.78, 5) is 0. The van der Waals surface area contributed by atoms with Crippen molar-refractivity contribution in [2.75, 3.05) is 34.5 Å². The summed E-state index contributed by atoms with van der Waals surface area (Å²) in [5.41, 5.74) is 5.37. The molecule has 9 nitrogen and oxygen atoms in total. The van der Waals surface area contributed by atoms with E-state index in [0.29, 0.717) is 37.7 Å². The molecule has 11 heteroatoms. The highest BCUT2D eigenvalue weighted by Crippen LogP contribution is 2.39. The van der Waals surface area contributed by atoms with Gasteiger partial charge in [-0.1, -0.05) is 107 Å². The van der Waals surface area contributed by atoms with Crippen LogP contribution in [0.1, 0.15) is 98.6 Å². The molecule has 1 heterocycles. The number of hydrogen-bond acceptors (Lipinski definition) is 9. The fraction of sp³-hybridized carbons (Fsp3) is 0.608. The first-order valence-electron chi connectivity index (χ1n) is 22.3. The molecule has 0 amide bonds. The highest BCUT2D eigenvalue weighted by atomic mass is 28.4. The van der Waals surface area contributed by atoms with E-state index in [-0.39, 0.29) is 35.0 Å². The minimum Gasteiger partial charge on any atom is -0.497 e. The van der Waals surface area contributed by atoms with E-state index in [9.17, 15) is 5.11 Å². The van der Waals surface area contributed by atoms with Gasteiger partial charge in [0, 0.05) is 0 Å². The second kappa shape index (κ2) is 24.3. The SMILES string of the molecule is C=C1C[C@@H](C/C=C/[C@@H](C/C(C)=C\CO[Si](C)(C)C(C)(C)C)O[Si](C)(C)C(C)(C)C)O[C@@H](/C=C(\C)C[C@H](O)[C@H](COCc2ccc(OC)c(OC)c2)OCc2ccc(OC)cc2)C1. The maximum absolute atomic E-state index is 11.6. The van der Waals surface area contributed by atoms with Crippen molar-refractivity contribution < 1.29 is 42.4 Å². The van der Waals surface area contributed by atoms with Crippen LogP contribution in [0.5, 0.6) is 17.2 Å². The van der Waals surface area contributed by atoms with Gasteiger partial charge >= 0.3 is 0 Å². The predicted molar refractivity (Wildman–Crippen MR) is 260 cm³/mol. The summed E-state index contributed by atoms with van der Waals surface area (Å²) in [6.45, 7) is 33.0. The quantitative estimate of drug-likeness (QED) is 0.0816. The lowest BCUT2D eigenvalue weighted by molar-refractivity contribution is -0.0887. The Hall–Kier alpha value is -3.01. The van der Waals surface area contributed by atoms with Gasteiger partial charge in [0.1, 0.15) is 11.9 Å². The van der Waals surface area contributed by atoms with E-state index < -0.39 is 28.8 Å². The van der Waals surface area contributed by atoms with E-state index in [1.807, 2.05) is 49.4 Å². The van der Waals surface area contributed by atoms with Crippen molar-refractivity contribution in [2.45, 2.75) is 167 Å². The summed E-state index contributed by atoms with van der Waals surface area (Å²) >= 11 is 0. The Morgan fingerprint density at radius 1 is 0.823 bits per heavy atom. The fourth-order valence-electron chi connectivity index (χ4n) is 6.67. The molecule has 0 aliphatic carbocycles. The molecule has 0 spiro atoms. The van der Waals surface area contributed by atoms with Crippen LogP contribution >= 0.6 is 0 Å². The molecule has 0 aromatic heterocycles. The molecule has 0 radical (unpaired) electrons. The van der Waals surface area contributed by atoms with Gasteiger partial charge in [-0.2, -0.15) is 0 Å². The Morgan fingerprint density at radius 3 is 2.08 bits per heavy atom. The third-order valence-electron chi connectivity index (χ3n) is 12.6. The van der Waals surface area contributed by atoms with Crippen molar-refractivity contribution >= 4 is 16.6 Å². The van der Waals surface area contributed by atoms with Crippen LogP contribution in [0.15, 0.2) is 90.1 Å². The van der Waals surface area contributed by atoms with Crippen molar-refractivity contribution in [1.82, 2.24) is 0 Å². The minimum absolute atomic E-state index is 0.000166. The first-order chi connectivity index (χ1) is 29.0. The first-order valence-corrected chi connectivity index (χ1v) is 28.1. The molecule has 62 heavy (non-hydrogen) atoms. The Labute approximate surface area is 378 Å². The topological polar surface area (TPSA) is 94.1 Å². The van der Waals surface area contributed by atoms with E-state index in [1.54, 1.807) is 21.3 Å². The Kier molecular flexibility index (Phi) is 20.9. The van der Waals surface area contributed by atoms with E-state index in [4.69, 9.17) is 37.3 Å². The molecule has 1 aliphatic rings. The predicted octanol–water partition coefficient (Wildman–Crippen LogP) is 12.3. The van der Waals surface area contributed by atoms with Gasteiger partial charge in [-0.05, 0) is 118 Å². The first kappa shape index (κ1) is 53.3. The highest BCUT2D eigenvalue weighted by molar-refractivity contribution is 6.74. The summed E-state index contributed by atoms with van der Waals surface area (Å²) in [5, 5.41) is 11.9. The standard InChI is InChI=1S/C51H82O9Si2/c1-37(26-27-58-61(13,14)50(4,5)6)28-44(60-62(15,16)51(7,8)9)19-17-18-43-29-38(2)30-45(59-43)31-39(3)32-46(52)49(57-35-40-20-23-42(53-10)24-21-40)36-56-34-41-22-25-47(54-11)48(33-41)55-12/h17,19-26,31,33,43-46,49,52H,2,18,27-30,32,34-36H2,1,3-16H3/b19-17+,37-26-,39-31+/t43-,44+,45-,46+,49+/m1/s1. The van der Waals surface area contributed by atoms with Gasteiger partial charge in [-0.3, -0.25) is 0 Å². The summed E-state index contributed by atoms with van der Waals surface area (Å²) in [6, 6.07) is 13.4. The largest absolute Gasteiger partial charge is 0.497 e. The summed E-state index contributed by atoms with van der Waals surface area (Å²) in [6.07, 6.45) is 10.9. The smallest absolute Gasteiger partial charge is 0.192 e. The highest BCUT2D eigenvalue weighted by Gasteiger charge is 2.39. The Morgan fingerprint density at radius 2 is 1.47 bits per heavy atom. The van der Waals surface area contributed by atoms with E-state index in [2.05, 4.69) is 106 Å². The number of ether oxygens (including phenoxy) is 6. The molecular weight excluding hydrogens is 813 g/mol. The van der Waals surface area contributed by atoms with Crippen molar-refractivity contribution in [3.05, 3.63) is 101 Å². The molecule has 0 unspecified atom stereocenters. The molecule has 0 bridgehead atoms. The summed E-state index contributed by atoms with van der Waals surface area (Å²) in [5.74, 6) is 2.06. The molecule has 2 aromatic rings. The molecule has 0 saturated carbocycles. The number of hydrogen-bond donors (Lipinski definition) is 1. The summed E-state index contributed by atoms with van der Waals surface area (Å²) in [7, 11) is 1.00.